The fourth-order valence-electron chi connectivity index (χ4n) is 0.894. The number of rotatable bonds is 2. The number of hydrogen-bond acceptors (Lipinski definition) is 6. The Morgan fingerprint density at radius 3 is 1.17 bits per heavy atom. The summed E-state index contributed by atoms with van der Waals surface area (Å²) in [7, 11) is -9.76. The zero-order valence-corrected chi connectivity index (χ0v) is 18.6. The van der Waals surface area contributed by atoms with Gasteiger partial charge in [-0.3, -0.25) is 0 Å². The first kappa shape index (κ1) is 23.2. The summed E-state index contributed by atoms with van der Waals surface area (Å²) in [6.45, 7) is 0. The minimum absolute atomic E-state index is 0. The van der Waals surface area contributed by atoms with Gasteiger partial charge < -0.3 is 9.11 Å². The van der Waals surface area contributed by atoms with Gasteiger partial charge >= 0.3 is 103 Å². The van der Waals surface area contributed by atoms with E-state index in [1.165, 1.54) is 0 Å². The van der Waals surface area contributed by atoms with Gasteiger partial charge in [0, 0.05) is 0 Å². The molecule has 0 unspecified atom stereocenters. The van der Waals surface area contributed by atoms with Crippen molar-refractivity contribution in [2.45, 2.75) is 9.79 Å². The fourth-order valence-corrected chi connectivity index (χ4v) is 3.04. The van der Waals surface area contributed by atoms with E-state index in [2.05, 4.69) is 0 Å². The molecule has 0 bridgehead atoms. The molecule has 0 fully saturated rings. The van der Waals surface area contributed by atoms with Gasteiger partial charge in [0.05, 0.1) is 19.8 Å². The molecule has 0 aliphatic carbocycles. The van der Waals surface area contributed by atoms with Crippen LogP contribution >= 0.6 is 23.2 Å². The maximum absolute atomic E-state index is 10.6. The van der Waals surface area contributed by atoms with E-state index < -0.39 is 40.1 Å². The van der Waals surface area contributed by atoms with Crippen LogP contribution in [0.3, 0.4) is 0 Å². The van der Waals surface area contributed by atoms with Crippen molar-refractivity contribution in [3.63, 3.8) is 0 Å². The number of benzene rings is 1. The Kier molecular flexibility index (Phi) is 10.9. The minimum Gasteiger partial charge on any atom is -0.744 e. The van der Waals surface area contributed by atoms with E-state index in [9.17, 15) is 25.9 Å². The third kappa shape index (κ3) is 6.34. The Balaban J connectivity index is 0. The molecule has 6 nitrogen and oxygen atoms in total. The Bertz CT molecular complexity index is 585. The van der Waals surface area contributed by atoms with Gasteiger partial charge in [-0.25, -0.2) is 16.8 Å². The van der Waals surface area contributed by atoms with Crippen molar-refractivity contribution < 1.29 is 129 Å². The predicted molar refractivity (Wildman–Crippen MR) is 52.4 cm³/mol. The molecule has 1 rings (SSSR count). The molecule has 0 radical (unpaired) electrons. The van der Waals surface area contributed by atoms with E-state index in [0.717, 1.165) is 0 Å². The smallest absolute Gasteiger partial charge is 0.744 e. The van der Waals surface area contributed by atoms with E-state index in [1.807, 2.05) is 0 Å². The van der Waals surface area contributed by atoms with Crippen molar-refractivity contribution in [1.82, 2.24) is 0 Å². The van der Waals surface area contributed by atoms with E-state index in [0.29, 0.717) is 12.1 Å². The van der Waals surface area contributed by atoms with Crippen molar-refractivity contribution in [2.75, 3.05) is 0 Å². The summed E-state index contributed by atoms with van der Waals surface area (Å²) in [4.78, 5) is -1.77. The summed E-state index contributed by atoms with van der Waals surface area (Å²) in [5.74, 6) is 0. The van der Waals surface area contributed by atoms with Crippen LogP contribution in [-0.4, -0.2) is 25.9 Å². The summed E-state index contributed by atoms with van der Waals surface area (Å²) in [6, 6.07) is 1.05. The third-order valence-electron chi connectivity index (χ3n) is 1.53. The summed E-state index contributed by atoms with van der Waals surface area (Å²) in [6.07, 6.45) is 0. The van der Waals surface area contributed by atoms with Gasteiger partial charge in [0.2, 0.25) is 0 Å². The van der Waals surface area contributed by atoms with Gasteiger partial charge in [0.1, 0.15) is 20.2 Å². The normalized spacial score (nSPS) is 11.3. The van der Waals surface area contributed by atoms with Crippen molar-refractivity contribution in [3.05, 3.63) is 22.2 Å². The van der Waals surface area contributed by atoms with E-state index in [-0.39, 0.29) is 103 Å². The van der Waals surface area contributed by atoms with Gasteiger partial charge in [0.15, 0.2) is 0 Å². The molecule has 12 heteroatoms. The molecule has 0 heterocycles. The molecule has 0 atom stereocenters. The molecule has 1 aromatic carbocycles. The van der Waals surface area contributed by atoms with Gasteiger partial charge in [-0.05, 0) is 12.1 Å². The summed E-state index contributed by atoms with van der Waals surface area (Å²) < 4.78 is 63.8. The van der Waals surface area contributed by atoms with E-state index >= 15 is 0 Å². The Morgan fingerprint density at radius 1 is 0.778 bits per heavy atom. The average molecular weight is 383 g/mol. The summed E-state index contributed by atoms with van der Waals surface area (Å²) in [5, 5.41) is -1.34. The van der Waals surface area contributed by atoms with Crippen LogP contribution in [0.2, 0.25) is 10.0 Å². The second-order valence-electron chi connectivity index (χ2n) is 2.62. The molecule has 0 aromatic heterocycles. The number of halogens is 2. The molecular weight excluding hydrogens is 381 g/mol. The van der Waals surface area contributed by atoms with Crippen LogP contribution < -0.4 is 103 Å². The largest absolute Gasteiger partial charge is 1.00 e. The monoisotopic (exact) mass is 382 g/mol. The van der Waals surface area contributed by atoms with Crippen molar-refractivity contribution >= 4 is 43.4 Å². The standard InChI is InChI=1S/C6H4Cl2O6S2.2K/c7-3-1-5(15(9,10)11)4(8)2-6(3)16(12,13)14;;/h1-2H,(H,9,10,11)(H,12,13,14);;/q;2*+1/p-2. The van der Waals surface area contributed by atoms with Gasteiger partial charge in [-0.2, -0.15) is 0 Å². The Hall–Kier alpha value is 2.89. The first-order valence-corrected chi connectivity index (χ1v) is 7.01. The molecular formula is C6H2Cl2K2O6S2. The molecule has 0 saturated heterocycles. The molecule has 18 heavy (non-hydrogen) atoms. The first-order valence-electron chi connectivity index (χ1n) is 3.44. The van der Waals surface area contributed by atoms with Gasteiger partial charge in [0.25, 0.3) is 0 Å². The van der Waals surface area contributed by atoms with Crippen molar-refractivity contribution in [3.8, 4) is 0 Å². The van der Waals surface area contributed by atoms with E-state index in [4.69, 9.17) is 23.2 Å². The molecule has 0 aliphatic rings. The van der Waals surface area contributed by atoms with Gasteiger partial charge in [-0.15, -0.1) is 0 Å². The van der Waals surface area contributed by atoms with Crippen LogP contribution in [0.1, 0.15) is 0 Å². The fraction of sp³-hybridized carbons (Fsp3) is 0. The van der Waals surface area contributed by atoms with Crippen LogP contribution in [0.15, 0.2) is 21.9 Å². The maximum atomic E-state index is 10.6. The van der Waals surface area contributed by atoms with Crippen molar-refractivity contribution in [2.24, 2.45) is 0 Å². The predicted octanol–water partition coefficient (Wildman–Crippen LogP) is -5.19. The summed E-state index contributed by atoms with van der Waals surface area (Å²) >= 11 is 10.7. The number of hydrogen-bond donors (Lipinski definition) is 0. The molecule has 0 spiro atoms. The summed E-state index contributed by atoms with van der Waals surface area (Å²) in [5.41, 5.74) is 0. The topological polar surface area (TPSA) is 114 Å². The molecule has 0 aliphatic heterocycles. The molecule has 0 saturated carbocycles. The molecule has 0 N–H and O–H groups in total. The minimum atomic E-state index is -4.88. The SMILES string of the molecule is O=S(=O)([O-])c1cc(Cl)c(S(=O)(=O)[O-])cc1Cl.[K+].[K+]. The first-order chi connectivity index (χ1) is 7.03. The Labute approximate surface area is 199 Å². The second-order valence-corrected chi connectivity index (χ2v) is 6.13. The van der Waals surface area contributed by atoms with Crippen molar-refractivity contribution in [1.29, 1.82) is 0 Å². The quantitative estimate of drug-likeness (QED) is 0.373. The zero-order valence-electron chi connectivity index (χ0n) is 9.18. The third-order valence-corrected chi connectivity index (χ3v) is 4.13. The average Bonchev–Trinajstić information content (AvgIpc) is 2.04. The van der Waals surface area contributed by atoms with Crippen LogP contribution in [0.25, 0.3) is 0 Å². The van der Waals surface area contributed by atoms with Crippen LogP contribution in [0.4, 0.5) is 0 Å². The Morgan fingerprint density at radius 2 is 1.00 bits per heavy atom. The van der Waals surface area contributed by atoms with Crippen LogP contribution in [0.5, 0.6) is 0 Å². The van der Waals surface area contributed by atoms with E-state index in [1.54, 1.807) is 0 Å². The second kappa shape index (κ2) is 8.51. The van der Waals surface area contributed by atoms with Crippen LogP contribution in [0, 0.1) is 0 Å². The molecule has 1 aromatic rings. The van der Waals surface area contributed by atoms with Gasteiger partial charge in [-0.1, -0.05) is 23.2 Å². The zero-order chi connectivity index (χ0) is 12.7. The molecule has 0 amide bonds. The molecule has 90 valence electrons. The van der Waals surface area contributed by atoms with Crippen LogP contribution in [-0.2, 0) is 20.2 Å². The maximum Gasteiger partial charge on any atom is 1.00 e.